The van der Waals surface area contributed by atoms with Gasteiger partial charge < -0.3 is 21.5 Å². The molecule has 8 nitrogen and oxygen atoms in total. The fourth-order valence-corrected chi connectivity index (χ4v) is 9.41. The summed E-state index contributed by atoms with van der Waals surface area (Å²) in [5.41, 5.74) is 9.97. The molecule has 260 valence electrons. The number of aliphatic hydroxyl groups is 1. The van der Waals surface area contributed by atoms with Gasteiger partial charge in [0, 0.05) is 20.0 Å². The van der Waals surface area contributed by atoms with Crippen molar-refractivity contribution >= 4 is 21.0 Å². The van der Waals surface area contributed by atoms with Crippen molar-refractivity contribution < 1.29 is 19.2 Å². The summed E-state index contributed by atoms with van der Waals surface area (Å²) in [5.74, 6) is 5.32. The van der Waals surface area contributed by atoms with Gasteiger partial charge in [0.2, 0.25) is 12.2 Å². The van der Waals surface area contributed by atoms with Crippen LogP contribution in [-0.4, -0.2) is 43.5 Å². The molecule has 0 spiro atoms. The van der Waals surface area contributed by atoms with Gasteiger partial charge in [-0.2, -0.15) is 0 Å². The molecule has 0 bridgehead atoms. The fraction of sp³-hybridized carbons (Fsp3) is 1.00. The summed E-state index contributed by atoms with van der Waals surface area (Å²) in [7, 11) is 3.08. The van der Waals surface area contributed by atoms with Crippen molar-refractivity contribution in [3.05, 3.63) is 4.91 Å². The molecule has 4 aliphatic carbocycles. The minimum Gasteiger partial charge on any atom is -0.396 e. The second kappa shape index (κ2) is 24.3. The van der Waals surface area contributed by atoms with Crippen molar-refractivity contribution in [1.29, 1.82) is 0 Å². The zero-order chi connectivity index (χ0) is 32.3. The highest BCUT2D eigenvalue weighted by atomic mass is 32.2. The zero-order valence-corrected chi connectivity index (χ0v) is 30.3. The van der Waals surface area contributed by atoms with E-state index >= 15 is 0 Å². The molecule has 4 saturated carbocycles. The average Bonchev–Trinajstić information content (AvgIpc) is 3.35. The van der Waals surface area contributed by atoms with Gasteiger partial charge in [-0.3, -0.25) is 0 Å². The standard InChI is InChI=1S/C27H47NO4S.C2H6.2CH5N.CH5OP.CH4/c1-18(2)19(17-29)6-5-7-20-9-11-24-23-10-8-21-16-22(31-32-33-28-30)12-14-27(21,4)25(23)13-15-26(20,24)3;3*1-2;1-3-2;/h18-25,29H,5-17H2,1-4H3;1-2H3;2*2H2,1H3;2-3H,1H3;1H4. The molecular weight excluding hydrogens is 581 g/mol. The summed E-state index contributed by atoms with van der Waals surface area (Å²) in [4.78, 5) is 23.3. The molecule has 4 fully saturated rings. The maximum absolute atomic E-state index is 10.2. The first-order valence-electron chi connectivity index (χ1n) is 16.6. The number of rotatable bonds is 10. The highest BCUT2D eigenvalue weighted by molar-refractivity contribution is 7.93. The van der Waals surface area contributed by atoms with Crippen molar-refractivity contribution in [1.82, 2.24) is 0 Å². The minimum absolute atomic E-state index is 0. The molecule has 6 N–H and O–H groups in total. The van der Waals surface area contributed by atoms with Gasteiger partial charge >= 0.3 is 0 Å². The number of fused-ring (bicyclic) bond motifs is 5. The van der Waals surface area contributed by atoms with Crippen molar-refractivity contribution in [3.63, 3.8) is 0 Å². The van der Waals surface area contributed by atoms with Crippen molar-refractivity contribution in [2.75, 3.05) is 27.4 Å². The summed E-state index contributed by atoms with van der Waals surface area (Å²) in [6.07, 6.45) is 15.6. The van der Waals surface area contributed by atoms with Crippen LogP contribution in [0.15, 0.2) is 4.58 Å². The molecule has 0 aromatic carbocycles. The third-order valence-electron chi connectivity index (χ3n) is 11.4. The smallest absolute Gasteiger partial charge is 0.217 e. The predicted molar refractivity (Wildman–Crippen MR) is 189 cm³/mol. The van der Waals surface area contributed by atoms with E-state index in [0.29, 0.717) is 47.4 Å². The minimum atomic E-state index is 0. The predicted octanol–water partition coefficient (Wildman–Crippen LogP) is 8.74. The molecule has 0 aromatic heterocycles. The van der Waals surface area contributed by atoms with E-state index in [-0.39, 0.29) is 22.3 Å². The van der Waals surface area contributed by atoms with Gasteiger partial charge in [0.15, 0.2) is 0 Å². The van der Waals surface area contributed by atoms with E-state index < -0.39 is 0 Å². The van der Waals surface area contributed by atoms with E-state index in [0.717, 1.165) is 36.5 Å². The Hall–Kier alpha value is 0.140. The third-order valence-corrected chi connectivity index (χ3v) is 11.6. The quantitative estimate of drug-likeness (QED) is 0.0349. The Morgan fingerprint density at radius 1 is 0.977 bits per heavy atom. The zero-order valence-electron chi connectivity index (χ0n) is 28.4. The van der Waals surface area contributed by atoms with Crippen molar-refractivity contribution in [2.45, 2.75) is 132 Å². The van der Waals surface area contributed by atoms with Crippen LogP contribution in [0, 0.1) is 57.2 Å². The van der Waals surface area contributed by atoms with Gasteiger partial charge in [-0.15, -0.1) is 9.24 Å². The summed E-state index contributed by atoms with van der Waals surface area (Å²) in [5, 5.41) is 9.71. The number of hydrogen-bond donors (Lipinski definition) is 4. The van der Waals surface area contributed by atoms with Gasteiger partial charge in [0.1, 0.15) is 0 Å². The van der Waals surface area contributed by atoms with Gasteiger partial charge in [0.25, 0.3) is 0 Å². The van der Waals surface area contributed by atoms with Crippen molar-refractivity contribution in [2.24, 2.45) is 68.3 Å². The first-order chi connectivity index (χ1) is 20.2. The summed E-state index contributed by atoms with van der Waals surface area (Å²) >= 11 is 0.503. The highest BCUT2D eigenvalue weighted by Gasteiger charge is 2.60. The van der Waals surface area contributed by atoms with Gasteiger partial charge in [-0.05, 0) is 144 Å². The molecule has 0 radical (unpaired) electrons. The summed E-state index contributed by atoms with van der Waals surface area (Å²) in [6, 6.07) is 0. The van der Waals surface area contributed by atoms with Crippen molar-refractivity contribution in [3.8, 4) is 0 Å². The molecule has 0 saturated heterocycles. The Morgan fingerprint density at radius 3 is 2.12 bits per heavy atom. The molecule has 10 heteroatoms. The van der Waals surface area contributed by atoms with Crippen LogP contribution >= 0.6 is 21.0 Å². The highest BCUT2D eigenvalue weighted by Crippen LogP contribution is 2.68. The lowest BCUT2D eigenvalue weighted by Gasteiger charge is -2.61. The molecule has 4 aliphatic rings. The first kappa shape index (κ1) is 45.3. The monoisotopic (exact) mass is 653 g/mol. The van der Waals surface area contributed by atoms with E-state index in [1.54, 1.807) is 6.66 Å². The van der Waals surface area contributed by atoms with Crippen LogP contribution in [0.4, 0.5) is 0 Å². The number of nitrogens with two attached hydrogens (primary N) is 2. The molecule has 43 heavy (non-hydrogen) atoms. The first-order valence-corrected chi connectivity index (χ1v) is 18.8. The van der Waals surface area contributed by atoms with E-state index in [9.17, 15) is 10.0 Å². The Labute approximate surface area is 272 Å². The van der Waals surface area contributed by atoms with Gasteiger partial charge in [0.05, 0.1) is 6.10 Å². The van der Waals surface area contributed by atoms with Crippen LogP contribution in [0.5, 0.6) is 0 Å². The topological polar surface area (TPSA) is 140 Å². The van der Waals surface area contributed by atoms with Gasteiger partial charge in [-0.25, -0.2) is 4.89 Å². The summed E-state index contributed by atoms with van der Waals surface area (Å²) < 4.78 is 7.57. The Kier molecular flexibility index (Phi) is 25.6. The molecule has 0 aromatic rings. The largest absolute Gasteiger partial charge is 0.396 e. The second-order valence-corrected chi connectivity index (χ2v) is 13.9. The number of hydrogen-bond acceptors (Lipinski definition) is 9. The van der Waals surface area contributed by atoms with E-state index in [4.69, 9.17) is 14.1 Å². The molecular formula is C33H72N3O5PS. The van der Waals surface area contributed by atoms with E-state index in [1.165, 1.54) is 78.3 Å². The second-order valence-electron chi connectivity index (χ2n) is 13.0. The SMILES string of the molecule is C.CC.CC(C)C(CO)CCCC1CCC2C3CCC4CC(OOSN=O)CCC4(C)C3CCC12C.CN.CN.CPO. The maximum Gasteiger partial charge on any atom is 0.217 e. The lowest BCUT2D eigenvalue weighted by Crippen LogP contribution is -2.54. The lowest BCUT2D eigenvalue weighted by molar-refractivity contribution is -0.255. The molecule has 4 rings (SSSR count). The summed E-state index contributed by atoms with van der Waals surface area (Å²) in [6.45, 7) is 15.8. The lowest BCUT2D eigenvalue weighted by atomic mass is 9.44. The van der Waals surface area contributed by atoms with Crippen LogP contribution in [0.1, 0.15) is 126 Å². The number of nitroso groups, excluding NO2 is 1. The maximum atomic E-state index is 10.2. The van der Waals surface area contributed by atoms with E-state index in [2.05, 4.69) is 43.7 Å². The van der Waals surface area contributed by atoms with Gasteiger partial charge in [-0.1, -0.05) is 55.4 Å². The Bertz CT molecular complexity index is 697. The normalized spacial score (nSPS) is 34.6. The number of aliphatic hydroxyl groups excluding tert-OH is 1. The molecule has 0 heterocycles. The molecule has 0 amide bonds. The average molecular weight is 654 g/mol. The Balaban J connectivity index is 0. The van der Waals surface area contributed by atoms with Crippen LogP contribution in [0.2, 0.25) is 0 Å². The van der Waals surface area contributed by atoms with Crippen LogP contribution in [0.25, 0.3) is 0 Å². The fourth-order valence-electron chi connectivity index (χ4n) is 9.24. The third kappa shape index (κ3) is 12.0. The van der Waals surface area contributed by atoms with E-state index in [1.807, 2.05) is 13.8 Å². The molecule has 0 aliphatic heterocycles. The van der Waals surface area contributed by atoms with Crippen LogP contribution in [0.3, 0.4) is 0 Å². The Morgan fingerprint density at radius 2 is 1.56 bits per heavy atom. The molecule has 10 unspecified atom stereocenters. The number of nitrogens with zero attached hydrogens (tertiary/aromatic N) is 1. The van der Waals surface area contributed by atoms with Crippen LogP contribution in [-0.2, 0) is 9.22 Å². The molecule has 10 atom stereocenters. The van der Waals surface area contributed by atoms with Crippen LogP contribution < -0.4 is 11.5 Å².